The van der Waals surface area contributed by atoms with Gasteiger partial charge in [-0.1, -0.05) is 29.3 Å². The predicted molar refractivity (Wildman–Crippen MR) is 117 cm³/mol. The predicted octanol–water partition coefficient (Wildman–Crippen LogP) is 6.31. The van der Waals surface area contributed by atoms with Crippen LogP contribution in [0.3, 0.4) is 0 Å². The van der Waals surface area contributed by atoms with Gasteiger partial charge in [-0.2, -0.15) is 0 Å². The van der Waals surface area contributed by atoms with Crippen LogP contribution in [0.4, 0.5) is 0 Å². The van der Waals surface area contributed by atoms with Crippen LogP contribution < -0.4 is 5.32 Å². The highest BCUT2D eigenvalue weighted by molar-refractivity contribution is 6.34. The van der Waals surface area contributed by atoms with E-state index in [0.717, 1.165) is 41.0 Å². The molecule has 0 spiro atoms. The molecule has 4 saturated carbocycles. The fraction of sp³-hybridized carbons (Fsp3) is 0.500. The van der Waals surface area contributed by atoms with E-state index >= 15 is 0 Å². The Hall–Kier alpha value is -1.58. The van der Waals surface area contributed by atoms with Crippen molar-refractivity contribution in [2.24, 2.45) is 23.2 Å². The van der Waals surface area contributed by atoms with Crippen LogP contribution in [0.5, 0.6) is 0 Å². The quantitative estimate of drug-likeness (QED) is 0.579. The molecule has 4 aliphatic rings. The van der Waals surface area contributed by atoms with E-state index in [0.29, 0.717) is 21.2 Å². The zero-order valence-electron chi connectivity index (χ0n) is 16.7. The highest BCUT2D eigenvalue weighted by atomic mass is 35.5. The lowest BCUT2D eigenvalue weighted by molar-refractivity contribution is -0.0503. The van der Waals surface area contributed by atoms with Crippen LogP contribution >= 0.6 is 23.2 Å². The highest BCUT2D eigenvalue weighted by Crippen LogP contribution is 2.59. The molecule has 1 aromatic heterocycles. The van der Waals surface area contributed by atoms with Gasteiger partial charge in [0.15, 0.2) is 0 Å². The summed E-state index contributed by atoms with van der Waals surface area (Å²) in [7, 11) is 0. The summed E-state index contributed by atoms with van der Waals surface area (Å²) in [6.07, 6.45) is 9.79. The molecule has 5 heteroatoms. The van der Waals surface area contributed by atoms with E-state index in [-0.39, 0.29) is 5.91 Å². The van der Waals surface area contributed by atoms with E-state index in [4.69, 9.17) is 23.2 Å². The molecule has 0 radical (unpaired) electrons. The Morgan fingerprint density at radius 3 is 2.41 bits per heavy atom. The van der Waals surface area contributed by atoms with Gasteiger partial charge in [-0.15, -0.1) is 0 Å². The van der Waals surface area contributed by atoms with Crippen molar-refractivity contribution >= 4 is 29.1 Å². The molecule has 3 nitrogen and oxygen atoms in total. The Balaban J connectivity index is 1.35. The molecule has 1 N–H and O–H groups in total. The van der Waals surface area contributed by atoms with Gasteiger partial charge in [0.2, 0.25) is 0 Å². The van der Waals surface area contributed by atoms with Crippen molar-refractivity contribution in [1.29, 1.82) is 0 Å². The van der Waals surface area contributed by atoms with E-state index in [1.54, 1.807) is 12.3 Å². The molecule has 6 rings (SSSR count). The number of halogens is 2. The highest BCUT2D eigenvalue weighted by Gasteiger charge is 2.50. The fourth-order valence-electron chi connectivity index (χ4n) is 6.49. The standard InChI is InChI=1S/C24H26Cl2N2O/c1-14-4-19(22(26)27-12-14)18-2-3-21(25)20(8-18)23(29)28-13-24-9-15-5-16(10-24)7-17(6-15)11-24/h2-4,8,12,15-17H,5-7,9-11,13H2,1H3,(H,28,29). The van der Waals surface area contributed by atoms with Crippen molar-refractivity contribution in [3.63, 3.8) is 0 Å². The van der Waals surface area contributed by atoms with Gasteiger partial charge in [0.25, 0.3) is 5.91 Å². The Bertz CT molecular complexity index is 936. The van der Waals surface area contributed by atoms with Crippen molar-refractivity contribution < 1.29 is 4.79 Å². The number of pyridine rings is 1. The minimum Gasteiger partial charge on any atom is -0.351 e. The molecule has 1 amide bonds. The maximum atomic E-state index is 13.0. The molecule has 1 heterocycles. The summed E-state index contributed by atoms with van der Waals surface area (Å²) in [4.78, 5) is 17.3. The molecular formula is C24H26Cl2N2O. The molecule has 0 aliphatic heterocycles. The first-order chi connectivity index (χ1) is 13.9. The van der Waals surface area contributed by atoms with Gasteiger partial charge in [-0.3, -0.25) is 4.79 Å². The summed E-state index contributed by atoms with van der Waals surface area (Å²) in [5.74, 6) is 2.53. The van der Waals surface area contributed by atoms with Crippen molar-refractivity contribution in [1.82, 2.24) is 10.3 Å². The molecular weight excluding hydrogens is 403 g/mol. The van der Waals surface area contributed by atoms with Gasteiger partial charge < -0.3 is 5.32 Å². The average molecular weight is 429 g/mol. The third-order valence-electron chi connectivity index (χ3n) is 7.29. The number of aromatic nitrogens is 1. The number of aryl methyl sites for hydroxylation is 1. The van der Waals surface area contributed by atoms with E-state index < -0.39 is 0 Å². The molecule has 4 aliphatic carbocycles. The zero-order chi connectivity index (χ0) is 20.2. The Kier molecular flexibility index (Phi) is 4.87. The van der Waals surface area contributed by atoms with Gasteiger partial charge in [0.1, 0.15) is 5.15 Å². The topological polar surface area (TPSA) is 42.0 Å². The second-order valence-electron chi connectivity index (χ2n) is 9.65. The normalized spacial score (nSPS) is 29.8. The van der Waals surface area contributed by atoms with Crippen LogP contribution in [0.25, 0.3) is 11.1 Å². The molecule has 0 atom stereocenters. The van der Waals surface area contributed by atoms with Crippen molar-refractivity contribution in [3.8, 4) is 11.1 Å². The smallest absolute Gasteiger partial charge is 0.252 e. The molecule has 152 valence electrons. The number of carbonyl (C=O) groups excluding carboxylic acids is 1. The van der Waals surface area contributed by atoms with Crippen LogP contribution in [-0.2, 0) is 0 Å². The Labute approximate surface area is 182 Å². The number of hydrogen-bond acceptors (Lipinski definition) is 2. The summed E-state index contributed by atoms with van der Waals surface area (Å²) in [5.41, 5.74) is 3.51. The van der Waals surface area contributed by atoms with Crippen LogP contribution in [0, 0.1) is 30.1 Å². The van der Waals surface area contributed by atoms with Crippen LogP contribution in [0.2, 0.25) is 10.2 Å². The second-order valence-corrected chi connectivity index (χ2v) is 10.4. The van der Waals surface area contributed by atoms with Crippen LogP contribution in [0.15, 0.2) is 30.5 Å². The van der Waals surface area contributed by atoms with Crippen molar-refractivity contribution in [3.05, 3.63) is 51.8 Å². The minimum atomic E-state index is -0.0932. The molecule has 4 fully saturated rings. The first kappa shape index (κ1) is 19.4. The van der Waals surface area contributed by atoms with Gasteiger partial charge in [-0.05, 0) is 97.9 Å². The summed E-state index contributed by atoms with van der Waals surface area (Å²) < 4.78 is 0. The molecule has 29 heavy (non-hydrogen) atoms. The lowest BCUT2D eigenvalue weighted by atomic mass is 9.49. The summed E-state index contributed by atoms with van der Waals surface area (Å²) in [6, 6.07) is 7.48. The summed E-state index contributed by atoms with van der Waals surface area (Å²) >= 11 is 12.7. The van der Waals surface area contributed by atoms with Gasteiger partial charge in [0.05, 0.1) is 10.6 Å². The second kappa shape index (κ2) is 7.28. The molecule has 4 bridgehead atoms. The Morgan fingerprint density at radius 1 is 1.10 bits per heavy atom. The number of nitrogens with zero attached hydrogens (tertiary/aromatic N) is 1. The largest absolute Gasteiger partial charge is 0.351 e. The van der Waals surface area contributed by atoms with Crippen molar-refractivity contribution in [2.75, 3.05) is 6.54 Å². The average Bonchev–Trinajstić information content (AvgIpc) is 2.67. The van der Waals surface area contributed by atoms with E-state index in [9.17, 15) is 4.79 Å². The number of amides is 1. The van der Waals surface area contributed by atoms with Crippen molar-refractivity contribution in [2.45, 2.75) is 45.4 Å². The summed E-state index contributed by atoms with van der Waals surface area (Å²) in [5, 5.41) is 4.12. The molecule has 0 unspecified atom stereocenters. The lowest BCUT2D eigenvalue weighted by Crippen LogP contribution is -2.51. The van der Waals surface area contributed by atoms with E-state index in [1.807, 2.05) is 25.1 Å². The summed E-state index contributed by atoms with van der Waals surface area (Å²) in [6.45, 7) is 2.74. The number of benzene rings is 1. The number of nitrogens with one attached hydrogen (secondary N) is 1. The van der Waals surface area contributed by atoms with Crippen LogP contribution in [0.1, 0.15) is 54.4 Å². The fourth-order valence-corrected chi connectivity index (χ4v) is 6.91. The zero-order valence-corrected chi connectivity index (χ0v) is 18.2. The molecule has 1 aromatic carbocycles. The first-order valence-corrected chi connectivity index (χ1v) is 11.4. The van der Waals surface area contributed by atoms with Crippen LogP contribution in [-0.4, -0.2) is 17.4 Å². The maximum Gasteiger partial charge on any atom is 0.252 e. The molecule has 2 aromatic rings. The van der Waals surface area contributed by atoms with Gasteiger partial charge in [0, 0.05) is 18.3 Å². The van der Waals surface area contributed by atoms with E-state index in [2.05, 4.69) is 10.3 Å². The van der Waals surface area contributed by atoms with Gasteiger partial charge in [-0.25, -0.2) is 4.98 Å². The number of carbonyl (C=O) groups is 1. The Morgan fingerprint density at radius 2 is 1.76 bits per heavy atom. The van der Waals surface area contributed by atoms with Gasteiger partial charge >= 0.3 is 0 Å². The number of rotatable bonds is 4. The monoisotopic (exact) mass is 428 g/mol. The number of hydrogen-bond donors (Lipinski definition) is 1. The molecule has 0 saturated heterocycles. The lowest BCUT2D eigenvalue weighted by Gasteiger charge is -2.56. The van der Waals surface area contributed by atoms with E-state index in [1.165, 1.54) is 38.5 Å². The maximum absolute atomic E-state index is 13.0. The minimum absolute atomic E-state index is 0.0932. The first-order valence-electron chi connectivity index (χ1n) is 10.6. The third-order valence-corrected chi connectivity index (χ3v) is 7.92. The SMILES string of the molecule is Cc1cnc(Cl)c(-c2ccc(Cl)c(C(=O)NCC34CC5CC(CC(C5)C3)C4)c2)c1. The third kappa shape index (κ3) is 3.68.